The Kier molecular flexibility index (Phi) is 8.38. The van der Waals surface area contributed by atoms with Crippen molar-refractivity contribution in [2.75, 3.05) is 33.5 Å². The molecule has 1 aliphatic heterocycles. The average molecular weight is 484 g/mol. The van der Waals surface area contributed by atoms with Crippen LogP contribution in [0, 0.1) is 0 Å². The monoisotopic (exact) mass is 483 g/mol. The molecule has 1 aliphatic carbocycles. The molecule has 188 valence electrons. The maximum atomic E-state index is 12.8. The van der Waals surface area contributed by atoms with E-state index in [4.69, 9.17) is 18.9 Å². The lowest BCUT2D eigenvalue weighted by Gasteiger charge is -2.27. The predicted molar refractivity (Wildman–Crippen MR) is 129 cm³/mol. The van der Waals surface area contributed by atoms with Gasteiger partial charge in [-0.2, -0.15) is 0 Å². The second kappa shape index (κ2) is 11.7. The molecule has 2 aromatic rings. The topological polar surface area (TPSA) is 94.5 Å². The van der Waals surface area contributed by atoms with Gasteiger partial charge in [0.15, 0.2) is 12.3 Å². The van der Waals surface area contributed by atoms with Gasteiger partial charge in [-0.15, -0.1) is 0 Å². The number of ether oxygens (including phenoxy) is 4. The first-order valence-electron chi connectivity index (χ1n) is 12.1. The summed E-state index contributed by atoms with van der Waals surface area (Å²) in [4.78, 5) is 25.7. The number of likely N-dealkylation sites (N-methyl/N-ethyl adjacent to an activating group) is 1. The third-order valence-electron chi connectivity index (χ3n) is 6.53. The first-order valence-corrected chi connectivity index (χ1v) is 12.1. The number of nitrogens with zero attached hydrogens (tertiary/aromatic N) is 1. The second-order valence-corrected chi connectivity index (χ2v) is 9.05. The number of carboxylic acid groups (broad SMARTS) is 1. The number of carboxylic acids is 1. The van der Waals surface area contributed by atoms with Gasteiger partial charge < -0.3 is 24.1 Å². The molecule has 4 rings (SSSR count). The number of hydrogen-bond donors (Lipinski definition) is 1. The summed E-state index contributed by atoms with van der Waals surface area (Å²) in [6.45, 7) is 2.68. The first-order chi connectivity index (χ1) is 17.0. The van der Waals surface area contributed by atoms with Gasteiger partial charge in [0.05, 0.1) is 19.3 Å². The summed E-state index contributed by atoms with van der Waals surface area (Å²) in [6, 6.07) is 14.9. The maximum Gasteiger partial charge on any atom is 0.410 e. The van der Waals surface area contributed by atoms with E-state index in [0.717, 1.165) is 46.4 Å². The fraction of sp³-hybridized carbons (Fsp3) is 0.481. The van der Waals surface area contributed by atoms with E-state index >= 15 is 0 Å². The van der Waals surface area contributed by atoms with Crippen LogP contribution in [0.1, 0.15) is 43.2 Å². The van der Waals surface area contributed by atoms with E-state index in [1.54, 1.807) is 0 Å². The average Bonchev–Trinajstić information content (AvgIpc) is 3.19. The van der Waals surface area contributed by atoms with Crippen molar-refractivity contribution in [3.8, 4) is 11.1 Å². The third kappa shape index (κ3) is 6.01. The number of hydrogen-bond acceptors (Lipinski definition) is 6. The van der Waals surface area contributed by atoms with Crippen LogP contribution < -0.4 is 0 Å². The third-order valence-corrected chi connectivity index (χ3v) is 6.53. The zero-order valence-corrected chi connectivity index (χ0v) is 20.2. The van der Waals surface area contributed by atoms with E-state index in [1.165, 1.54) is 7.05 Å². The van der Waals surface area contributed by atoms with Crippen molar-refractivity contribution in [2.24, 2.45) is 0 Å². The lowest BCUT2D eigenvalue weighted by molar-refractivity contribution is -0.194. The zero-order chi connectivity index (χ0) is 24.8. The zero-order valence-electron chi connectivity index (χ0n) is 20.2. The molecular formula is C27H33NO7. The summed E-state index contributed by atoms with van der Waals surface area (Å²) in [7, 11) is 1.41. The molecule has 0 saturated carbocycles. The van der Waals surface area contributed by atoms with Gasteiger partial charge in [0, 0.05) is 19.6 Å². The van der Waals surface area contributed by atoms with Crippen molar-refractivity contribution in [3.05, 3.63) is 59.7 Å². The normalized spacial score (nSPS) is 18.9. The molecule has 8 nitrogen and oxygen atoms in total. The van der Waals surface area contributed by atoms with Crippen molar-refractivity contribution in [3.63, 3.8) is 0 Å². The van der Waals surface area contributed by atoms with Crippen molar-refractivity contribution < 1.29 is 33.6 Å². The number of carbonyl (C=O) groups is 2. The van der Waals surface area contributed by atoms with Crippen LogP contribution in [0.2, 0.25) is 0 Å². The van der Waals surface area contributed by atoms with Gasteiger partial charge in [-0.25, -0.2) is 9.59 Å². The molecule has 1 fully saturated rings. The van der Waals surface area contributed by atoms with Crippen LogP contribution in [0.15, 0.2) is 48.5 Å². The van der Waals surface area contributed by atoms with Gasteiger partial charge in [-0.3, -0.25) is 4.90 Å². The van der Waals surface area contributed by atoms with Crippen molar-refractivity contribution in [1.29, 1.82) is 0 Å². The Morgan fingerprint density at radius 3 is 2.31 bits per heavy atom. The quantitative estimate of drug-likeness (QED) is 0.539. The first kappa shape index (κ1) is 25.2. The van der Waals surface area contributed by atoms with Crippen LogP contribution >= 0.6 is 0 Å². The molecule has 0 radical (unpaired) electrons. The van der Waals surface area contributed by atoms with Gasteiger partial charge in [-0.1, -0.05) is 48.5 Å². The molecule has 3 unspecified atom stereocenters. The van der Waals surface area contributed by atoms with Crippen LogP contribution in [0.5, 0.6) is 0 Å². The Labute approximate surface area is 205 Å². The molecular weight excluding hydrogens is 450 g/mol. The van der Waals surface area contributed by atoms with E-state index in [2.05, 4.69) is 12.1 Å². The summed E-state index contributed by atoms with van der Waals surface area (Å²) in [5.74, 6) is -1.26. The van der Waals surface area contributed by atoms with Crippen LogP contribution in [-0.4, -0.2) is 74.0 Å². The number of rotatable bonds is 10. The van der Waals surface area contributed by atoms with E-state index in [0.29, 0.717) is 6.61 Å². The molecule has 2 aliphatic rings. The van der Waals surface area contributed by atoms with Crippen molar-refractivity contribution in [2.45, 2.75) is 50.5 Å². The fourth-order valence-electron chi connectivity index (χ4n) is 4.63. The molecule has 1 saturated heterocycles. The van der Waals surface area contributed by atoms with Crippen LogP contribution in [0.3, 0.4) is 0 Å². The molecule has 8 heteroatoms. The highest BCUT2D eigenvalue weighted by molar-refractivity contribution is 5.81. The van der Waals surface area contributed by atoms with Crippen LogP contribution in [0.25, 0.3) is 11.1 Å². The highest BCUT2D eigenvalue weighted by atomic mass is 16.7. The minimum absolute atomic E-state index is 0.0979. The Morgan fingerprint density at radius 2 is 1.71 bits per heavy atom. The van der Waals surface area contributed by atoms with E-state index in [-0.39, 0.29) is 38.1 Å². The number of amides is 1. The number of carbonyl (C=O) groups excluding carboxylic acids is 1. The van der Waals surface area contributed by atoms with E-state index < -0.39 is 18.1 Å². The molecule has 0 bridgehead atoms. The van der Waals surface area contributed by atoms with Crippen LogP contribution in [-0.2, 0) is 23.7 Å². The Bertz CT molecular complexity index is 975. The van der Waals surface area contributed by atoms with Gasteiger partial charge in [-0.05, 0) is 48.4 Å². The summed E-state index contributed by atoms with van der Waals surface area (Å²) < 4.78 is 22.5. The number of aliphatic carboxylic acids is 1. The summed E-state index contributed by atoms with van der Waals surface area (Å²) in [5.41, 5.74) is 4.45. The Hall–Kier alpha value is -2.94. The predicted octanol–water partition coefficient (Wildman–Crippen LogP) is 4.27. The Balaban J connectivity index is 1.30. The van der Waals surface area contributed by atoms with Gasteiger partial charge in [0.1, 0.15) is 6.61 Å². The summed E-state index contributed by atoms with van der Waals surface area (Å²) in [6.07, 6.45) is 1.72. The lowest BCUT2D eigenvalue weighted by Crippen LogP contribution is -2.46. The summed E-state index contributed by atoms with van der Waals surface area (Å²) >= 11 is 0. The second-order valence-electron chi connectivity index (χ2n) is 9.05. The molecule has 2 aromatic carbocycles. The smallest absolute Gasteiger partial charge is 0.410 e. The molecule has 1 N–H and O–H groups in total. The number of fused-ring (bicyclic) bond motifs is 3. The molecule has 1 heterocycles. The van der Waals surface area contributed by atoms with E-state index in [9.17, 15) is 14.7 Å². The minimum Gasteiger partial charge on any atom is -0.480 e. The Morgan fingerprint density at radius 1 is 1.06 bits per heavy atom. The largest absolute Gasteiger partial charge is 0.480 e. The van der Waals surface area contributed by atoms with Crippen molar-refractivity contribution in [1.82, 2.24) is 4.90 Å². The van der Waals surface area contributed by atoms with E-state index in [1.807, 2.05) is 43.3 Å². The molecule has 1 amide bonds. The standard InChI is InChI=1S/C27H33NO7/c1-18(35-25-13-7-8-14-33-25)15-32-17-24(26(29)30)28(2)27(31)34-16-23-21-11-5-3-9-19(21)20-10-4-6-12-22(20)23/h3-6,9-12,18,23-25H,7-8,13-17H2,1-2H3,(H,29,30). The van der Waals surface area contributed by atoms with Crippen LogP contribution in [0.4, 0.5) is 4.79 Å². The lowest BCUT2D eigenvalue weighted by atomic mass is 9.98. The fourth-order valence-corrected chi connectivity index (χ4v) is 4.63. The highest BCUT2D eigenvalue weighted by Crippen LogP contribution is 2.44. The van der Waals surface area contributed by atoms with Gasteiger partial charge in [0.2, 0.25) is 0 Å². The SMILES string of the molecule is CC(COCC(C(=O)O)N(C)C(=O)OCC1c2ccccc2-c2ccccc21)OC1CCCCO1. The van der Waals surface area contributed by atoms with Gasteiger partial charge in [0.25, 0.3) is 0 Å². The van der Waals surface area contributed by atoms with Crippen molar-refractivity contribution >= 4 is 12.1 Å². The molecule has 3 atom stereocenters. The molecule has 0 spiro atoms. The van der Waals surface area contributed by atoms with Gasteiger partial charge >= 0.3 is 12.1 Å². The highest BCUT2D eigenvalue weighted by Gasteiger charge is 2.32. The summed E-state index contributed by atoms with van der Waals surface area (Å²) in [5, 5.41) is 9.68. The minimum atomic E-state index is -1.18. The molecule has 0 aromatic heterocycles. The molecule has 35 heavy (non-hydrogen) atoms. The number of benzene rings is 2. The maximum absolute atomic E-state index is 12.8.